The third-order valence-corrected chi connectivity index (χ3v) is 3.21. The van der Waals surface area contributed by atoms with Gasteiger partial charge in [-0.25, -0.2) is 9.97 Å². The van der Waals surface area contributed by atoms with Crippen molar-refractivity contribution in [3.05, 3.63) is 42.2 Å². The lowest BCUT2D eigenvalue weighted by atomic mass is 9.96. The summed E-state index contributed by atoms with van der Waals surface area (Å²) in [6.07, 6.45) is 3.58. The monoisotopic (exact) mass is 269 g/mol. The van der Waals surface area contributed by atoms with E-state index in [0.717, 1.165) is 28.4 Å². The van der Waals surface area contributed by atoms with Gasteiger partial charge in [-0.2, -0.15) is 0 Å². The Balaban J connectivity index is 1.83. The van der Waals surface area contributed by atoms with E-state index in [1.807, 2.05) is 18.3 Å². The second-order valence-electron chi connectivity index (χ2n) is 5.96. The van der Waals surface area contributed by atoms with Gasteiger partial charge in [-0.05, 0) is 18.2 Å². The van der Waals surface area contributed by atoms with Gasteiger partial charge in [0.05, 0.1) is 17.6 Å². The van der Waals surface area contributed by atoms with E-state index in [2.05, 4.69) is 52.1 Å². The number of hydrogen-bond acceptors (Lipinski definition) is 3. The van der Waals surface area contributed by atoms with Crippen LogP contribution in [0.4, 0.5) is 5.69 Å². The highest BCUT2D eigenvalue weighted by Crippen LogP contribution is 2.24. The molecule has 0 saturated heterocycles. The first-order valence-corrected chi connectivity index (χ1v) is 6.75. The topological polar surface area (TPSA) is 69.4 Å². The highest BCUT2D eigenvalue weighted by molar-refractivity contribution is 5.79. The number of anilines is 1. The van der Waals surface area contributed by atoms with Gasteiger partial charge in [-0.1, -0.05) is 20.8 Å². The van der Waals surface area contributed by atoms with Gasteiger partial charge >= 0.3 is 0 Å². The second kappa shape index (κ2) is 4.67. The molecule has 0 atom stereocenters. The fraction of sp³-hybridized carbons (Fsp3) is 0.333. The van der Waals surface area contributed by atoms with Crippen molar-refractivity contribution in [3.8, 4) is 0 Å². The molecule has 1 aromatic carbocycles. The molecule has 3 rings (SSSR count). The minimum Gasteiger partial charge on any atom is -0.378 e. The maximum Gasteiger partial charge on any atom is 0.125 e. The molecule has 0 radical (unpaired) electrons. The summed E-state index contributed by atoms with van der Waals surface area (Å²) in [6.45, 7) is 7.14. The quantitative estimate of drug-likeness (QED) is 0.684. The maximum absolute atomic E-state index is 4.63. The number of H-pyrrole nitrogens is 2. The smallest absolute Gasteiger partial charge is 0.125 e. The fourth-order valence-electron chi connectivity index (χ4n) is 2.06. The zero-order chi connectivity index (χ0) is 14.2. The molecule has 20 heavy (non-hydrogen) atoms. The summed E-state index contributed by atoms with van der Waals surface area (Å²) in [5.41, 5.74) is 3.14. The molecule has 0 amide bonds. The molecular weight excluding hydrogens is 250 g/mol. The van der Waals surface area contributed by atoms with E-state index in [-0.39, 0.29) is 5.41 Å². The van der Waals surface area contributed by atoms with Gasteiger partial charge < -0.3 is 15.3 Å². The second-order valence-corrected chi connectivity index (χ2v) is 5.96. The van der Waals surface area contributed by atoms with Crippen molar-refractivity contribution in [2.24, 2.45) is 0 Å². The molecule has 5 heteroatoms. The lowest BCUT2D eigenvalue weighted by Crippen LogP contribution is -2.12. The number of nitrogens with one attached hydrogen (secondary N) is 3. The molecule has 0 aliphatic carbocycles. The van der Waals surface area contributed by atoms with E-state index in [1.54, 1.807) is 6.20 Å². The number of nitrogens with zero attached hydrogens (tertiary/aromatic N) is 2. The SMILES string of the molecule is CC(C)(C)c1nc2ccc(NCc3ncc[nH]3)cc2[nH]1. The van der Waals surface area contributed by atoms with Crippen LogP contribution in [-0.2, 0) is 12.0 Å². The van der Waals surface area contributed by atoms with Crippen LogP contribution < -0.4 is 5.32 Å². The number of aromatic nitrogens is 4. The largest absolute Gasteiger partial charge is 0.378 e. The normalized spacial score (nSPS) is 11.9. The number of aromatic amines is 2. The van der Waals surface area contributed by atoms with Crippen LogP contribution >= 0.6 is 0 Å². The van der Waals surface area contributed by atoms with E-state index in [9.17, 15) is 0 Å². The van der Waals surface area contributed by atoms with Crippen LogP contribution in [-0.4, -0.2) is 19.9 Å². The molecule has 0 aliphatic rings. The molecular formula is C15H19N5. The predicted octanol–water partition coefficient (Wildman–Crippen LogP) is 3.20. The summed E-state index contributed by atoms with van der Waals surface area (Å²) in [5.74, 6) is 1.93. The van der Waals surface area contributed by atoms with Crippen molar-refractivity contribution in [1.82, 2.24) is 19.9 Å². The van der Waals surface area contributed by atoms with Crippen molar-refractivity contribution in [1.29, 1.82) is 0 Å². The van der Waals surface area contributed by atoms with Crippen LogP contribution in [0, 0.1) is 0 Å². The first-order chi connectivity index (χ1) is 9.52. The Morgan fingerprint density at radius 1 is 1.25 bits per heavy atom. The minimum absolute atomic E-state index is 0.0286. The Labute approximate surface area is 117 Å². The molecule has 3 aromatic rings. The Bertz CT molecular complexity index is 704. The Morgan fingerprint density at radius 2 is 2.10 bits per heavy atom. The van der Waals surface area contributed by atoms with Crippen LogP contribution in [0.15, 0.2) is 30.6 Å². The highest BCUT2D eigenvalue weighted by Gasteiger charge is 2.18. The molecule has 0 unspecified atom stereocenters. The Kier molecular flexibility index (Phi) is 2.97. The van der Waals surface area contributed by atoms with E-state index in [1.165, 1.54) is 0 Å². The van der Waals surface area contributed by atoms with Gasteiger partial charge in [0.15, 0.2) is 0 Å². The summed E-state index contributed by atoms with van der Waals surface area (Å²) in [6, 6.07) is 6.16. The van der Waals surface area contributed by atoms with Gasteiger partial charge in [0.25, 0.3) is 0 Å². The number of benzene rings is 1. The predicted molar refractivity (Wildman–Crippen MR) is 80.7 cm³/mol. The molecule has 0 spiro atoms. The van der Waals surface area contributed by atoms with Crippen LogP contribution in [0.5, 0.6) is 0 Å². The summed E-state index contributed by atoms with van der Waals surface area (Å²) < 4.78 is 0. The number of imidazole rings is 2. The van der Waals surface area contributed by atoms with Crippen molar-refractivity contribution >= 4 is 16.7 Å². The number of fused-ring (bicyclic) bond motifs is 1. The molecule has 0 aliphatic heterocycles. The highest BCUT2D eigenvalue weighted by atomic mass is 15.0. The Hall–Kier alpha value is -2.30. The van der Waals surface area contributed by atoms with E-state index in [0.29, 0.717) is 6.54 Å². The third-order valence-electron chi connectivity index (χ3n) is 3.21. The van der Waals surface area contributed by atoms with Gasteiger partial charge in [0.1, 0.15) is 11.6 Å². The van der Waals surface area contributed by atoms with E-state index < -0.39 is 0 Å². The maximum atomic E-state index is 4.63. The first kappa shape index (κ1) is 12.7. The molecule has 5 nitrogen and oxygen atoms in total. The van der Waals surface area contributed by atoms with Gasteiger partial charge in [-0.15, -0.1) is 0 Å². The molecule has 0 saturated carbocycles. The number of rotatable bonds is 3. The van der Waals surface area contributed by atoms with Crippen LogP contribution in [0.2, 0.25) is 0 Å². The molecule has 0 bridgehead atoms. The Morgan fingerprint density at radius 3 is 2.80 bits per heavy atom. The lowest BCUT2D eigenvalue weighted by molar-refractivity contribution is 0.554. The van der Waals surface area contributed by atoms with Crippen molar-refractivity contribution in [2.45, 2.75) is 32.7 Å². The number of hydrogen-bond donors (Lipinski definition) is 3. The average Bonchev–Trinajstić information content (AvgIpc) is 3.04. The molecule has 0 fully saturated rings. The zero-order valence-electron chi connectivity index (χ0n) is 12.0. The van der Waals surface area contributed by atoms with Crippen molar-refractivity contribution in [3.63, 3.8) is 0 Å². The molecule has 3 N–H and O–H groups in total. The standard InChI is InChI=1S/C15H19N5/c1-15(2,3)14-19-11-5-4-10(8-12(11)20-14)18-9-13-16-6-7-17-13/h4-8,18H,9H2,1-3H3,(H,16,17)(H,19,20). The van der Waals surface area contributed by atoms with Gasteiger partial charge in [0.2, 0.25) is 0 Å². The fourth-order valence-corrected chi connectivity index (χ4v) is 2.06. The zero-order valence-corrected chi connectivity index (χ0v) is 12.0. The minimum atomic E-state index is 0.0286. The summed E-state index contributed by atoms with van der Waals surface area (Å²) in [7, 11) is 0. The summed E-state index contributed by atoms with van der Waals surface area (Å²) in [4.78, 5) is 15.3. The lowest BCUT2D eigenvalue weighted by Gasteiger charge is -2.13. The molecule has 2 aromatic heterocycles. The summed E-state index contributed by atoms with van der Waals surface area (Å²) in [5, 5.41) is 3.35. The molecule has 2 heterocycles. The summed E-state index contributed by atoms with van der Waals surface area (Å²) >= 11 is 0. The van der Waals surface area contributed by atoms with Crippen LogP contribution in [0.25, 0.3) is 11.0 Å². The van der Waals surface area contributed by atoms with E-state index in [4.69, 9.17) is 0 Å². The van der Waals surface area contributed by atoms with Gasteiger partial charge in [0, 0.05) is 23.5 Å². The first-order valence-electron chi connectivity index (χ1n) is 6.75. The van der Waals surface area contributed by atoms with Crippen LogP contribution in [0.3, 0.4) is 0 Å². The molecule has 104 valence electrons. The van der Waals surface area contributed by atoms with Crippen LogP contribution in [0.1, 0.15) is 32.4 Å². The third kappa shape index (κ3) is 2.52. The van der Waals surface area contributed by atoms with E-state index >= 15 is 0 Å². The van der Waals surface area contributed by atoms with Gasteiger partial charge in [-0.3, -0.25) is 0 Å². The average molecular weight is 269 g/mol. The van der Waals surface area contributed by atoms with Crippen molar-refractivity contribution < 1.29 is 0 Å². The van der Waals surface area contributed by atoms with Crippen molar-refractivity contribution in [2.75, 3.05) is 5.32 Å².